The Kier molecular flexibility index (Phi) is 2.98. The van der Waals surface area contributed by atoms with Gasteiger partial charge in [0.15, 0.2) is 0 Å². The molecule has 0 spiro atoms. The molecule has 1 aliphatic heterocycles. The van der Waals surface area contributed by atoms with Crippen molar-refractivity contribution in [3.8, 4) is 0 Å². The fraction of sp³-hybridized carbons (Fsp3) is 0.667. The SMILES string of the molecule is Cn1nc(CC2CSCCN2)cc1N. The predicted octanol–water partition coefficient (Wildman–Crippen LogP) is 0.250. The zero-order chi connectivity index (χ0) is 9.97. The molecule has 0 amide bonds. The number of nitrogens with two attached hydrogens (primary N) is 1. The molecule has 1 atom stereocenters. The molecule has 1 aliphatic rings. The van der Waals surface area contributed by atoms with Gasteiger partial charge in [-0.1, -0.05) is 0 Å². The average molecular weight is 212 g/mol. The molecule has 0 saturated carbocycles. The Hall–Kier alpha value is -0.680. The monoisotopic (exact) mass is 212 g/mol. The van der Waals surface area contributed by atoms with Crippen LogP contribution in [0.15, 0.2) is 6.07 Å². The van der Waals surface area contributed by atoms with Crippen molar-refractivity contribution in [1.82, 2.24) is 15.1 Å². The molecule has 1 aromatic rings. The van der Waals surface area contributed by atoms with Gasteiger partial charge in [-0.15, -0.1) is 0 Å². The summed E-state index contributed by atoms with van der Waals surface area (Å²) in [5, 5.41) is 7.83. The second-order valence-electron chi connectivity index (χ2n) is 3.61. The Morgan fingerprint density at radius 3 is 3.21 bits per heavy atom. The first-order valence-electron chi connectivity index (χ1n) is 4.85. The van der Waals surface area contributed by atoms with Crippen LogP contribution in [0.5, 0.6) is 0 Å². The standard InChI is InChI=1S/C9H16N4S/c1-13-9(10)5-7(12-13)4-8-6-14-3-2-11-8/h5,8,11H,2-4,6,10H2,1H3. The van der Waals surface area contributed by atoms with Crippen LogP contribution in [0.25, 0.3) is 0 Å². The molecule has 14 heavy (non-hydrogen) atoms. The first-order chi connectivity index (χ1) is 6.75. The number of hydrogen-bond acceptors (Lipinski definition) is 4. The number of anilines is 1. The van der Waals surface area contributed by atoms with E-state index < -0.39 is 0 Å². The first-order valence-corrected chi connectivity index (χ1v) is 6.00. The predicted molar refractivity (Wildman–Crippen MR) is 60.4 cm³/mol. The van der Waals surface area contributed by atoms with Gasteiger partial charge >= 0.3 is 0 Å². The molecule has 78 valence electrons. The highest BCUT2D eigenvalue weighted by Crippen LogP contribution is 2.13. The van der Waals surface area contributed by atoms with Gasteiger partial charge in [-0.3, -0.25) is 4.68 Å². The Morgan fingerprint density at radius 1 is 1.79 bits per heavy atom. The fourth-order valence-electron chi connectivity index (χ4n) is 1.65. The van der Waals surface area contributed by atoms with Crippen LogP contribution in [0, 0.1) is 0 Å². The van der Waals surface area contributed by atoms with Crippen molar-refractivity contribution >= 4 is 17.6 Å². The van der Waals surface area contributed by atoms with Crippen LogP contribution in [-0.2, 0) is 13.5 Å². The summed E-state index contributed by atoms with van der Waals surface area (Å²) < 4.78 is 1.73. The first kappa shape index (κ1) is 9.86. The van der Waals surface area contributed by atoms with Crippen LogP contribution in [0.4, 0.5) is 5.82 Å². The van der Waals surface area contributed by atoms with E-state index in [1.807, 2.05) is 24.9 Å². The van der Waals surface area contributed by atoms with Gasteiger partial charge in [0, 0.05) is 43.6 Å². The van der Waals surface area contributed by atoms with Gasteiger partial charge in [-0.2, -0.15) is 16.9 Å². The third-order valence-corrected chi connectivity index (χ3v) is 3.55. The molecular weight excluding hydrogens is 196 g/mol. The molecule has 1 aromatic heterocycles. The van der Waals surface area contributed by atoms with Gasteiger partial charge in [0.1, 0.15) is 5.82 Å². The maximum atomic E-state index is 5.72. The van der Waals surface area contributed by atoms with E-state index in [1.54, 1.807) is 4.68 Å². The number of nitrogens with zero attached hydrogens (tertiary/aromatic N) is 2. The van der Waals surface area contributed by atoms with E-state index in [1.165, 1.54) is 11.5 Å². The highest BCUT2D eigenvalue weighted by Gasteiger charge is 2.15. The second kappa shape index (κ2) is 4.23. The van der Waals surface area contributed by atoms with E-state index >= 15 is 0 Å². The maximum absolute atomic E-state index is 5.72. The molecule has 4 nitrogen and oxygen atoms in total. The highest BCUT2D eigenvalue weighted by atomic mass is 32.2. The van der Waals surface area contributed by atoms with Gasteiger partial charge in [0.05, 0.1) is 5.69 Å². The molecular formula is C9H16N4S. The fourth-order valence-corrected chi connectivity index (χ4v) is 2.60. The molecule has 0 bridgehead atoms. The molecule has 1 fully saturated rings. The number of rotatable bonds is 2. The molecule has 5 heteroatoms. The van der Waals surface area contributed by atoms with Crippen molar-refractivity contribution in [3.05, 3.63) is 11.8 Å². The number of thioether (sulfide) groups is 1. The number of nitrogens with one attached hydrogen (secondary N) is 1. The summed E-state index contributed by atoms with van der Waals surface area (Å²) in [5.41, 5.74) is 6.81. The summed E-state index contributed by atoms with van der Waals surface area (Å²) in [6.07, 6.45) is 0.984. The molecule has 2 heterocycles. The summed E-state index contributed by atoms with van der Waals surface area (Å²) in [5.74, 6) is 3.14. The Balaban J connectivity index is 1.95. The Bertz CT molecular complexity index is 284. The molecule has 3 N–H and O–H groups in total. The smallest absolute Gasteiger partial charge is 0.121 e. The van der Waals surface area contributed by atoms with E-state index in [2.05, 4.69) is 10.4 Å². The van der Waals surface area contributed by atoms with E-state index in [-0.39, 0.29) is 0 Å². The molecule has 0 radical (unpaired) electrons. The van der Waals surface area contributed by atoms with Crippen molar-refractivity contribution < 1.29 is 0 Å². The zero-order valence-electron chi connectivity index (χ0n) is 8.36. The number of hydrogen-bond donors (Lipinski definition) is 2. The largest absolute Gasteiger partial charge is 0.384 e. The summed E-state index contributed by atoms with van der Waals surface area (Å²) in [7, 11) is 1.88. The minimum Gasteiger partial charge on any atom is -0.384 e. The summed E-state index contributed by atoms with van der Waals surface area (Å²) >= 11 is 2.00. The normalized spacial score (nSPS) is 22.5. The van der Waals surface area contributed by atoms with Crippen molar-refractivity contribution in [1.29, 1.82) is 0 Å². The lowest BCUT2D eigenvalue weighted by molar-refractivity contribution is 0.553. The van der Waals surface area contributed by atoms with Crippen LogP contribution in [0.1, 0.15) is 5.69 Å². The second-order valence-corrected chi connectivity index (χ2v) is 4.76. The van der Waals surface area contributed by atoms with Crippen LogP contribution in [0.3, 0.4) is 0 Å². The summed E-state index contributed by atoms with van der Waals surface area (Å²) in [6.45, 7) is 1.11. The van der Waals surface area contributed by atoms with E-state index in [4.69, 9.17) is 5.73 Å². The lowest BCUT2D eigenvalue weighted by Gasteiger charge is -2.22. The minimum absolute atomic E-state index is 0.558. The van der Waals surface area contributed by atoms with Crippen molar-refractivity contribution in [3.63, 3.8) is 0 Å². The quantitative estimate of drug-likeness (QED) is 0.738. The topological polar surface area (TPSA) is 55.9 Å². The third kappa shape index (κ3) is 2.22. The highest BCUT2D eigenvalue weighted by molar-refractivity contribution is 7.99. The third-order valence-electron chi connectivity index (χ3n) is 2.42. The van der Waals surface area contributed by atoms with Crippen molar-refractivity contribution in [2.75, 3.05) is 23.8 Å². The molecule has 0 aromatic carbocycles. The Labute approximate surface area is 88.2 Å². The van der Waals surface area contributed by atoms with Gasteiger partial charge in [-0.25, -0.2) is 0 Å². The molecule has 1 saturated heterocycles. The summed E-state index contributed by atoms with van der Waals surface area (Å²) in [6, 6.07) is 2.52. The molecule has 0 aliphatic carbocycles. The van der Waals surface area contributed by atoms with Crippen molar-refractivity contribution in [2.45, 2.75) is 12.5 Å². The Morgan fingerprint density at radius 2 is 2.64 bits per heavy atom. The lowest BCUT2D eigenvalue weighted by Crippen LogP contribution is -2.38. The number of nitrogen functional groups attached to an aromatic ring is 1. The van der Waals surface area contributed by atoms with Crippen molar-refractivity contribution in [2.24, 2.45) is 7.05 Å². The van der Waals surface area contributed by atoms with E-state index in [9.17, 15) is 0 Å². The van der Waals surface area contributed by atoms with Gasteiger partial charge in [0.2, 0.25) is 0 Å². The number of aryl methyl sites for hydroxylation is 1. The van der Waals surface area contributed by atoms with Gasteiger partial charge in [-0.05, 0) is 0 Å². The van der Waals surface area contributed by atoms with Crippen LogP contribution >= 0.6 is 11.8 Å². The number of aromatic nitrogens is 2. The zero-order valence-corrected chi connectivity index (χ0v) is 9.18. The summed E-state index contributed by atoms with van der Waals surface area (Å²) in [4.78, 5) is 0. The van der Waals surface area contributed by atoms with Crippen LogP contribution in [0.2, 0.25) is 0 Å². The van der Waals surface area contributed by atoms with Gasteiger partial charge in [0.25, 0.3) is 0 Å². The maximum Gasteiger partial charge on any atom is 0.121 e. The van der Waals surface area contributed by atoms with E-state index in [0.717, 1.165) is 24.5 Å². The average Bonchev–Trinajstić information content (AvgIpc) is 2.47. The molecule has 2 rings (SSSR count). The van der Waals surface area contributed by atoms with Crippen LogP contribution in [-0.4, -0.2) is 33.9 Å². The lowest BCUT2D eigenvalue weighted by atomic mass is 10.2. The van der Waals surface area contributed by atoms with Crippen LogP contribution < -0.4 is 11.1 Å². The minimum atomic E-state index is 0.558. The van der Waals surface area contributed by atoms with E-state index in [0.29, 0.717) is 6.04 Å². The molecule has 1 unspecified atom stereocenters. The van der Waals surface area contributed by atoms with Gasteiger partial charge < -0.3 is 11.1 Å².